The van der Waals surface area contributed by atoms with E-state index in [0.29, 0.717) is 0 Å². The number of nitrogens with two attached hydrogens (primary N) is 2. The van der Waals surface area contributed by atoms with Crippen molar-refractivity contribution in [2.75, 3.05) is 12.3 Å². The summed E-state index contributed by atoms with van der Waals surface area (Å²) in [6, 6.07) is 9.34. The molecule has 1 aliphatic rings. The third kappa shape index (κ3) is 3.20. The lowest BCUT2D eigenvalue weighted by Gasteiger charge is -2.19. The van der Waals surface area contributed by atoms with Gasteiger partial charge < -0.3 is 31.5 Å². The number of hydrogen-bond donors (Lipinski definition) is 5. The van der Waals surface area contributed by atoms with E-state index in [0.717, 1.165) is 5.56 Å². The molecule has 1 saturated heterocycles. The number of carbonyl (C=O) groups is 1. The molecule has 7 N–H and O–H groups in total. The minimum atomic E-state index is -1.37. The molecule has 3 rings (SSSR count). The number of aliphatic hydroxyl groups excluding tert-OH is 3. The predicted octanol–water partition coefficient (Wildman–Crippen LogP) is -0.654. The SMILES string of the molecule is NC(=O)c1nc(/C=C/c2ccccc2)n([C@@H]2O[C@H](CO)[C@@H](O)[C@H]2O)c1N. The van der Waals surface area contributed by atoms with Crippen molar-refractivity contribution in [3.8, 4) is 0 Å². The van der Waals surface area contributed by atoms with Crippen LogP contribution in [0.5, 0.6) is 0 Å². The van der Waals surface area contributed by atoms with Gasteiger partial charge in [-0.15, -0.1) is 0 Å². The number of primary amides is 1. The molecular formula is C17H20N4O5. The zero-order chi connectivity index (χ0) is 18.8. The van der Waals surface area contributed by atoms with Crippen molar-refractivity contribution in [3.63, 3.8) is 0 Å². The molecule has 0 saturated carbocycles. The quantitative estimate of drug-likeness (QED) is 0.474. The van der Waals surface area contributed by atoms with Crippen LogP contribution in [0, 0.1) is 0 Å². The van der Waals surface area contributed by atoms with E-state index >= 15 is 0 Å². The van der Waals surface area contributed by atoms with Crippen LogP contribution in [0.2, 0.25) is 0 Å². The summed E-state index contributed by atoms with van der Waals surface area (Å²) < 4.78 is 6.78. The van der Waals surface area contributed by atoms with Crippen LogP contribution in [-0.2, 0) is 4.74 Å². The summed E-state index contributed by atoms with van der Waals surface area (Å²) >= 11 is 0. The van der Waals surface area contributed by atoms with Gasteiger partial charge in [-0.25, -0.2) is 4.98 Å². The molecule has 1 aromatic carbocycles. The van der Waals surface area contributed by atoms with E-state index in [1.807, 2.05) is 30.3 Å². The van der Waals surface area contributed by atoms with Gasteiger partial charge in [0.1, 0.15) is 30.0 Å². The van der Waals surface area contributed by atoms with E-state index < -0.39 is 37.1 Å². The summed E-state index contributed by atoms with van der Waals surface area (Å²) in [4.78, 5) is 15.7. The maximum absolute atomic E-state index is 11.6. The summed E-state index contributed by atoms with van der Waals surface area (Å²) in [5.41, 5.74) is 12.0. The first-order valence-electron chi connectivity index (χ1n) is 7.97. The van der Waals surface area contributed by atoms with Gasteiger partial charge in [0, 0.05) is 0 Å². The van der Waals surface area contributed by atoms with Gasteiger partial charge in [0.05, 0.1) is 6.61 Å². The summed E-state index contributed by atoms with van der Waals surface area (Å²) in [6.45, 7) is -0.485. The fourth-order valence-corrected chi connectivity index (χ4v) is 2.86. The lowest BCUT2D eigenvalue weighted by atomic mass is 10.1. The van der Waals surface area contributed by atoms with Gasteiger partial charge in [-0.1, -0.05) is 36.4 Å². The number of nitrogen functional groups attached to an aromatic ring is 1. The highest BCUT2D eigenvalue weighted by molar-refractivity contribution is 5.96. The molecule has 1 amide bonds. The summed E-state index contributed by atoms with van der Waals surface area (Å²) in [5.74, 6) is -0.711. The Morgan fingerprint density at radius 1 is 1.23 bits per heavy atom. The number of carbonyl (C=O) groups excluding carboxylic acids is 1. The predicted molar refractivity (Wildman–Crippen MR) is 93.5 cm³/mol. The molecule has 9 nitrogen and oxygen atoms in total. The van der Waals surface area contributed by atoms with Crippen molar-refractivity contribution in [1.82, 2.24) is 9.55 Å². The van der Waals surface area contributed by atoms with Crippen LogP contribution < -0.4 is 11.5 Å². The van der Waals surface area contributed by atoms with Crippen molar-refractivity contribution in [3.05, 3.63) is 47.4 Å². The van der Waals surface area contributed by atoms with Crippen LogP contribution in [0.15, 0.2) is 30.3 Å². The molecule has 1 fully saturated rings. The first-order valence-corrected chi connectivity index (χ1v) is 7.97. The largest absolute Gasteiger partial charge is 0.394 e. The zero-order valence-electron chi connectivity index (χ0n) is 13.8. The van der Waals surface area contributed by atoms with Crippen LogP contribution in [0.25, 0.3) is 12.2 Å². The second-order valence-corrected chi connectivity index (χ2v) is 5.91. The number of ether oxygens (including phenoxy) is 1. The number of aliphatic hydroxyl groups is 3. The first kappa shape index (κ1) is 18.1. The highest BCUT2D eigenvalue weighted by Gasteiger charge is 2.45. The molecule has 2 aromatic rings. The molecule has 9 heteroatoms. The molecule has 0 radical (unpaired) electrons. The molecule has 2 heterocycles. The number of imidazole rings is 1. The van der Waals surface area contributed by atoms with Gasteiger partial charge in [-0.05, 0) is 11.6 Å². The highest BCUT2D eigenvalue weighted by Crippen LogP contribution is 2.33. The molecule has 0 spiro atoms. The Morgan fingerprint density at radius 3 is 2.50 bits per heavy atom. The molecule has 1 aromatic heterocycles. The first-order chi connectivity index (χ1) is 12.4. The minimum Gasteiger partial charge on any atom is -0.394 e. The monoisotopic (exact) mass is 360 g/mol. The van der Waals surface area contributed by atoms with E-state index in [4.69, 9.17) is 16.2 Å². The average molecular weight is 360 g/mol. The van der Waals surface area contributed by atoms with Gasteiger partial charge in [0.25, 0.3) is 5.91 Å². The van der Waals surface area contributed by atoms with Crippen molar-refractivity contribution >= 4 is 23.9 Å². The fraction of sp³-hybridized carbons (Fsp3) is 0.294. The van der Waals surface area contributed by atoms with Crippen LogP contribution in [0.1, 0.15) is 28.1 Å². The average Bonchev–Trinajstić information content (AvgIpc) is 3.11. The fourth-order valence-electron chi connectivity index (χ4n) is 2.86. The van der Waals surface area contributed by atoms with E-state index in [2.05, 4.69) is 4.98 Å². The smallest absolute Gasteiger partial charge is 0.271 e. The third-order valence-corrected chi connectivity index (χ3v) is 4.20. The van der Waals surface area contributed by atoms with E-state index in [1.54, 1.807) is 12.2 Å². The van der Waals surface area contributed by atoms with E-state index in [-0.39, 0.29) is 17.3 Å². The summed E-state index contributed by atoms with van der Waals surface area (Å²) in [5, 5.41) is 29.5. The second-order valence-electron chi connectivity index (χ2n) is 5.91. The van der Waals surface area contributed by atoms with E-state index in [1.165, 1.54) is 4.57 Å². The molecule has 26 heavy (non-hydrogen) atoms. The van der Waals surface area contributed by atoms with Crippen molar-refractivity contribution in [2.24, 2.45) is 5.73 Å². The number of hydrogen-bond acceptors (Lipinski definition) is 7. The van der Waals surface area contributed by atoms with Crippen molar-refractivity contribution in [2.45, 2.75) is 24.5 Å². The summed E-state index contributed by atoms with van der Waals surface area (Å²) in [6.07, 6.45) is -1.46. The number of nitrogens with zero attached hydrogens (tertiary/aromatic N) is 2. The Balaban J connectivity index is 2.03. The molecule has 0 aliphatic carbocycles. The standard InChI is InChI=1S/C17H20N4O5/c18-15-12(16(19)25)20-11(7-6-9-4-2-1-3-5-9)21(15)17-14(24)13(23)10(8-22)26-17/h1-7,10,13-14,17,22-24H,8,18H2,(H2,19,25)/b7-6+/t10-,13-,14-,17-/m1/s1. The van der Waals surface area contributed by atoms with Gasteiger partial charge in [0.2, 0.25) is 0 Å². The van der Waals surface area contributed by atoms with Crippen LogP contribution in [-0.4, -0.2) is 55.7 Å². The van der Waals surface area contributed by atoms with Gasteiger partial charge in [0.15, 0.2) is 11.9 Å². The Hall–Kier alpha value is -2.72. The van der Waals surface area contributed by atoms with Crippen molar-refractivity contribution in [1.29, 1.82) is 0 Å². The topological polar surface area (TPSA) is 157 Å². The van der Waals surface area contributed by atoms with Crippen LogP contribution >= 0.6 is 0 Å². The van der Waals surface area contributed by atoms with E-state index in [9.17, 15) is 20.1 Å². The van der Waals surface area contributed by atoms with Gasteiger partial charge in [-0.3, -0.25) is 9.36 Å². The number of anilines is 1. The Labute approximate surface area is 149 Å². The number of benzene rings is 1. The van der Waals surface area contributed by atoms with Crippen LogP contribution in [0.3, 0.4) is 0 Å². The molecule has 1 aliphatic heterocycles. The maximum Gasteiger partial charge on any atom is 0.271 e. The third-order valence-electron chi connectivity index (χ3n) is 4.20. The Bertz CT molecular complexity index is 820. The highest BCUT2D eigenvalue weighted by atomic mass is 16.6. The second kappa shape index (κ2) is 7.26. The lowest BCUT2D eigenvalue weighted by molar-refractivity contribution is -0.0520. The van der Waals surface area contributed by atoms with Gasteiger partial charge >= 0.3 is 0 Å². The normalized spacial score (nSPS) is 25.8. The van der Waals surface area contributed by atoms with Gasteiger partial charge in [-0.2, -0.15) is 0 Å². The molecule has 0 unspecified atom stereocenters. The molecular weight excluding hydrogens is 340 g/mol. The summed E-state index contributed by atoms with van der Waals surface area (Å²) in [7, 11) is 0. The molecule has 0 bridgehead atoms. The number of rotatable bonds is 5. The zero-order valence-corrected chi connectivity index (χ0v) is 13.8. The maximum atomic E-state index is 11.6. The van der Waals surface area contributed by atoms with Crippen molar-refractivity contribution < 1.29 is 24.9 Å². The number of amides is 1. The van der Waals surface area contributed by atoms with Crippen LogP contribution in [0.4, 0.5) is 5.82 Å². The number of aromatic nitrogens is 2. The molecule has 4 atom stereocenters. The Morgan fingerprint density at radius 2 is 1.92 bits per heavy atom. The minimum absolute atomic E-state index is 0.0972. The molecule has 138 valence electrons. The Kier molecular flexibility index (Phi) is 5.05. The lowest BCUT2D eigenvalue weighted by Crippen LogP contribution is -2.33.